The summed E-state index contributed by atoms with van der Waals surface area (Å²) in [6, 6.07) is 12.1. The van der Waals surface area contributed by atoms with Gasteiger partial charge < -0.3 is 9.84 Å². The predicted molar refractivity (Wildman–Crippen MR) is 82.6 cm³/mol. The molecule has 3 aromatic rings. The molecule has 0 fully saturated rings. The number of phenolic OH excluding ortho intramolecular Hbond substituents is 1. The predicted octanol–water partition coefficient (Wildman–Crippen LogP) is 2.25. The van der Waals surface area contributed by atoms with Crippen LogP contribution in [0.15, 0.2) is 47.3 Å². The first-order valence-electron chi connectivity index (χ1n) is 6.72. The van der Waals surface area contributed by atoms with Crippen molar-refractivity contribution in [3.8, 4) is 28.6 Å². The molecule has 0 radical (unpaired) electrons. The van der Waals surface area contributed by atoms with Crippen LogP contribution in [0.1, 0.15) is 5.56 Å². The summed E-state index contributed by atoms with van der Waals surface area (Å²) in [5.74, 6) is 1.18. The number of aromatic hydroxyl groups is 1. The molecule has 6 heteroatoms. The highest BCUT2D eigenvalue weighted by molar-refractivity contribution is 5.61. The SMILES string of the molecule is COc1ccc(C)cc1-n1c(-c2ccc(O)cc2)n[nH]c1=O. The molecule has 0 saturated heterocycles. The fraction of sp³-hybridized carbons (Fsp3) is 0.125. The van der Waals surface area contributed by atoms with E-state index < -0.39 is 0 Å². The third-order valence-corrected chi connectivity index (χ3v) is 3.37. The summed E-state index contributed by atoms with van der Waals surface area (Å²) < 4.78 is 6.80. The number of nitrogens with zero attached hydrogens (tertiary/aromatic N) is 2. The van der Waals surface area contributed by atoms with Crippen molar-refractivity contribution in [2.24, 2.45) is 0 Å². The van der Waals surface area contributed by atoms with Crippen LogP contribution >= 0.6 is 0 Å². The number of aryl methyl sites for hydroxylation is 1. The zero-order chi connectivity index (χ0) is 15.7. The number of phenols is 1. The number of methoxy groups -OCH3 is 1. The van der Waals surface area contributed by atoms with Gasteiger partial charge in [-0.1, -0.05) is 6.07 Å². The highest BCUT2D eigenvalue weighted by Gasteiger charge is 2.16. The maximum atomic E-state index is 12.2. The highest BCUT2D eigenvalue weighted by atomic mass is 16.5. The van der Waals surface area contributed by atoms with Crippen molar-refractivity contribution in [2.75, 3.05) is 7.11 Å². The van der Waals surface area contributed by atoms with E-state index in [9.17, 15) is 9.90 Å². The molecule has 0 spiro atoms. The fourth-order valence-electron chi connectivity index (χ4n) is 2.30. The third kappa shape index (κ3) is 2.35. The van der Waals surface area contributed by atoms with Crippen LogP contribution in [0.5, 0.6) is 11.5 Å². The van der Waals surface area contributed by atoms with E-state index in [-0.39, 0.29) is 11.4 Å². The van der Waals surface area contributed by atoms with Gasteiger partial charge >= 0.3 is 5.69 Å². The zero-order valence-corrected chi connectivity index (χ0v) is 12.2. The Morgan fingerprint density at radius 1 is 1.18 bits per heavy atom. The van der Waals surface area contributed by atoms with Gasteiger partial charge in [0.15, 0.2) is 5.82 Å². The van der Waals surface area contributed by atoms with Crippen molar-refractivity contribution in [1.29, 1.82) is 0 Å². The summed E-state index contributed by atoms with van der Waals surface area (Å²) in [6.07, 6.45) is 0. The zero-order valence-electron chi connectivity index (χ0n) is 12.2. The highest BCUT2D eigenvalue weighted by Crippen LogP contribution is 2.27. The smallest absolute Gasteiger partial charge is 0.348 e. The number of ether oxygens (including phenoxy) is 1. The fourth-order valence-corrected chi connectivity index (χ4v) is 2.30. The molecule has 2 aromatic carbocycles. The van der Waals surface area contributed by atoms with E-state index in [1.54, 1.807) is 31.4 Å². The molecule has 112 valence electrons. The number of nitrogens with one attached hydrogen (secondary N) is 1. The number of H-pyrrole nitrogens is 1. The van der Waals surface area contributed by atoms with Gasteiger partial charge in [-0.3, -0.25) is 0 Å². The average molecular weight is 297 g/mol. The van der Waals surface area contributed by atoms with Crippen LogP contribution in [0, 0.1) is 6.92 Å². The summed E-state index contributed by atoms with van der Waals surface area (Å²) >= 11 is 0. The molecule has 3 rings (SSSR count). The van der Waals surface area contributed by atoms with Crippen LogP contribution in [0.2, 0.25) is 0 Å². The number of aromatic nitrogens is 3. The van der Waals surface area contributed by atoms with Crippen LogP contribution in [-0.4, -0.2) is 27.0 Å². The van der Waals surface area contributed by atoms with Crippen molar-refractivity contribution in [3.63, 3.8) is 0 Å². The Morgan fingerprint density at radius 3 is 2.59 bits per heavy atom. The monoisotopic (exact) mass is 297 g/mol. The first kappa shape index (κ1) is 13.9. The summed E-state index contributed by atoms with van der Waals surface area (Å²) in [5, 5.41) is 15.9. The lowest BCUT2D eigenvalue weighted by Crippen LogP contribution is -2.16. The van der Waals surface area contributed by atoms with Crippen LogP contribution in [0.25, 0.3) is 17.1 Å². The van der Waals surface area contributed by atoms with Crippen LogP contribution in [-0.2, 0) is 0 Å². The summed E-state index contributed by atoms with van der Waals surface area (Å²) in [4.78, 5) is 12.2. The Bertz CT molecular complexity index is 863. The van der Waals surface area contributed by atoms with Gasteiger partial charge in [-0.25, -0.2) is 14.5 Å². The second-order valence-corrected chi connectivity index (χ2v) is 4.91. The van der Waals surface area contributed by atoms with E-state index in [4.69, 9.17) is 4.74 Å². The minimum Gasteiger partial charge on any atom is -0.508 e. The van der Waals surface area contributed by atoms with Gasteiger partial charge in [-0.15, -0.1) is 0 Å². The molecule has 22 heavy (non-hydrogen) atoms. The third-order valence-electron chi connectivity index (χ3n) is 3.37. The Hall–Kier alpha value is -3.02. The summed E-state index contributed by atoms with van der Waals surface area (Å²) in [5.41, 5.74) is 1.97. The molecule has 0 saturated carbocycles. The van der Waals surface area contributed by atoms with Crippen molar-refractivity contribution >= 4 is 0 Å². The minimum absolute atomic E-state index is 0.154. The van der Waals surface area contributed by atoms with Gasteiger partial charge in [0.2, 0.25) is 0 Å². The minimum atomic E-state index is -0.355. The largest absolute Gasteiger partial charge is 0.508 e. The molecule has 1 heterocycles. The van der Waals surface area contributed by atoms with Gasteiger partial charge in [-0.05, 0) is 48.9 Å². The van der Waals surface area contributed by atoms with Crippen LogP contribution in [0.4, 0.5) is 0 Å². The number of benzene rings is 2. The molecule has 0 aliphatic rings. The molecule has 0 bridgehead atoms. The van der Waals surface area contributed by atoms with Crippen LogP contribution < -0.4 is 10.4 Å². The molecule has 0 atom stereocenters. The first-order chi connectivity index (χ1) is 10.6. The van der Waals surface area contributed by atoms with Crippen molar-refractivity contribution in [2.45, 2.75) is 6.92 Å². The van der Waals surface area contributed by atoms with E-state index >= 15 is 0 Å². The number of hydrogen-bond acceptors (Lipinski definition) is 4. The second kappa shape index (κ2) is 5.40. The molecule has 0 aliphatic carbocycles. The Morgan fingerprint density at radius 2 is 1.91 bits per heavy atom. The molecule has 1 aromatic heterocycles. The van der Waals surface area contributed by atoms with E-state index in [2.05, 4.69) is 10.2 Å². The second-order valence-electron chi connectivity index (χ2n) is 4.91. The molecule has 0 unspecified atom stereocenters. The lowest BCUT2D eigenvalue weighted by molar-refractivity contribution is 0.412. The lowest BCUT2D eigenvalue weighted by Gasteiger charge is -2.11. The molecular formula is C16H15N3O3. The lowest BCUT2D eigenvalue weighted by atomic mass is 10.1. The number of hydrogen-bond donors (Lipinski definition) is 2. The average Bonchev–Trinajstić information content (AvgIpc) is 2.89. The summed E-state index contributed by atoms with van der Waals surface area (Å²) in [6.45, 7) is 1.94. The Kier molecular flexibility index (Phi) is 3.42. The maximum absolute atomic E-state index is 12.2. The topological polar surface area (TPSA) is 80.1 Å². The molecule has 0 amide bonds. The first-order valence-corrected chi connectivity index (χ1v) is 6.72. The Balaban J connectivity index is 2.24. The van der Waals surface area contributed by atoms with Crippen molar-refractivity contribution < 1.29 is 9.84 Å². The standard InChI is InChI=1S/C16H15N3O3/c1-10-3-8-14(22-2)13(9-10)19-15(17-18-16(19)21)11-4-6-12(20)7-5-11/h3-9,20H,1-2H3,(H,18,21). The van der Waals surface area contributed by atoms with E-state index in [1.165, 1.54) is 4.57 Å². The van der Waals surface area contributed by atoms with E-state index in [0.29, 0.717) is 22.8 Å². The molecular weight excluding hydrogens is 282 g/mol. The van der Waals surface area contributed by atoms with Gasteiger partial charge in [0.1, 0.15) is 11.5 Å². The Labute approximate surface area is 126 Å². The van der Waals surface area contributed by atoms with Crippen molar-refractivity contribution in [3.05, 3.63) is 58.5 Å². The molecule has 6 nitrogen and oxygen atoms in total. The molecule has 0 aliphatic heterocycles. The summed E-state index contributed by atoms with van der Waals surface area (Å²) in [7, 11) is 1.56. The molecule has 2 N–H and O–H groups in total. The number of rotatable bonds is 3. The maximum Gasteiger partial charge on any atom is 0.348 e. The normalized spacial score (nSPS) is 10.6. The van der Waals surface area contributed by atoms with E-state index in [1.807, 2.05) is 25.1 Å². The van der Waals surface area contributed by atoms with Gasteiger partial charge in [0.05, 0.1) is 12.8 Å². The quantitative estimate of drug-likeness (QED) is 0.777. The van der Waals surface area contributed by atoms with Gasteiger partial charge in [-0.2, -0.15) is 5.10 Å². The number of aromatic amines is 1. The van der Waals surface area contributed by atoms with Gasteiger partial charge in [0, 0.05) is 5.56 Å². The van der Waals surface area contributed by atoms with Crippen molar-refractivity contribution in [1.82, 2.24) is 14.8 Å². The van der Waals surface area contributed by atoms with Gasteiger partial charge in [0.25, 0.3) is 0 Å². The van der Waals surface area contributed by atoms with Crippen LogP contribution in [0.3, 0.4) is 0 Å². The van der Waals surface area contributed by atoms with E-state index in [0.717, 1.165) is 5.56 Å².